The summed E-state index contributed by atoms with van der Waals surface area (Å²) in [5.41, 5.74) is 0.830. The third-order valence-corrected chi connectivity index (χ3v) is 6.16. The average Bonchev–Trinajstić information content (AvgIpc) is 3.36. The molecule has 1 saturated heterocycles. The van der Waals surface area contributed by atoms with Crippen molar-refractivity contribution in [2.75, 3.05) is 27.3 Å². The zero-order valence-electron chi connectivity index (χ0n) is 16.3. The van der Waals surface area contributed by atoms with E-state index in [1.165, 1.54) is 0 Å². The Kier molecular flexibility index (Phi) is 5.26. The molecule has 2 heterocycles. The number of methoxy groups -OCH3 is 2. The molecule has 1 aliphatic heterocycles. The number of amides is 1. The molecule has 1 aromatic heterocycles. The summed E-state index contributed by atoms with van der Waals surface area (Å²) in [4.78, 5) is 14.9. The van der Waals surface area contributed by atoms with Crippen LogP contribution in [0.2, 0.25) is 0 Å². The van der Waals surface area contributed by atoms with Gasteiger partial charge in [0.15, 0.2) is 0 Å². The Hall–Kier alpha value is -2.54. The van der Waals surface area contributed by atoms with Crippen LogP contribution in [0.15, 0.2) is 36.7 Å². The standard InChI is InChI=1S/C21H27N3O4/c1-27-17-4-5-20(28-2)14(8-17)11-21(26)23-12-15-9-18(24-7-3-6-22-24)19(25)10-16(15)13-23/h3-8,15-16,18-19,25H,9-13H2,1-2H3/t15-,16+,18-,19-/m1/s1. The molecule has 28 heavy (non-hydrogen) atoms. The molecule has 2 aliphatic rings. The second-order valence-electron chi connectivity index (χ2n) is 7.77. The van der Waals surface area contributed by atoms with Crippen LogP contribution in [0.5, 0.6) is 11.5 Å². The maximum absolute atomic E-state index is 13.0. The van der Waals surface area contributed by atoms with Crippen LogP contribution in [0.1, 0.15) is 24.4 Å². The van der Waals surface area contributed by atoms with Crippen LogP contribution >= 0.6 is 0 Å². The SMILES string of the molecule is COc1ccc(OC)c(CC(=O)N2C[C@H]3C[C@@H](n4cccn4)[C@H](O)C[C@H]3C2)c1. The van der Waals surface area contributed by atoms with Crippen LogP contribution in [0, 0.1) is 11.8 Å². The molecule has 1 N–H and O–H groups in total. The fourth-order valence-corrected chi connectivity index (χ4v) is 4.67. The summed E-state index contributed by atoms with van der Waals surface area (Å²) in [6.45, 7) is 1.44. The fraction of sp³-hybridized carbons (Fsp3) is 0.524. The summed E-state index contributed by atoms with van der Waals surface area (Å²) >= 11 is 0. The number of rotatable bonds is 5. The molecule has 0 spiro atoms. The van der Waals surface area contributed by atoms with E-state index in [1.807, 2.05) is 40.0 Å². The Morgan fingerprint density at radius 1 is 1.21 bits per heavy atom. The van der Waals surface area contributed by atoms with Gasteiger partial charge < -0.3 is 19.5 Å². The van der Waals surface area contributed by atoms with Gasteiger partial charge in [-0.25, -0.2) is 0 Å². The number of carbonyl (C=O) groups excluding carboxylic acids is 1. The van der Waals surface area contributed by atoms with E-state index in [9.17, 15) is 9.90 Å². The number of nitrogens with zero attached hydrogens (tertiary/aromatic N) is 3. The van der Waals surface area contributed by atoms with Crippen molar-refractivity contribution in [3.8, 4) is 11.5 Å². The number of benzene rings is 1. The lowest BCUT2D eigenvalue weighted by atomic mass is 9.77. The molecule has 1 amide bonds. The molecule has 2 aromatic rings. The number of carbonyl (C=O) groups is 1. The molecule has 1 aliphatic carbocycles. The molecule has 150 valence electrons. The van der Waals surface area contributed by atoms with Crippen LogP contribution in [0.4, 0.5) is 0 Å². The van der Waals surface area contributed by atoms with E-state index in [4.69, 9.17) is 9.47 Å². The van der Waals surface area contributed by atoms with Gasteiger partial charge in [0.1, 0.15) is 11.5 Å². The second kappa shape index (κ2) is 7.83. The second-order valence-corrected chi connectivity index (χ2v) is 7.77. The third-order valence-electron chi connectivity index (χ3n) is 6.16. The monoisotopic (exact) mass is 385 g/mol. The number of aliphatic hydroxyl groups excluding tert-OH is 1. The highest BCUT2D eigenvalue weighted by molar-refractivity contribution is 5.80. The molecular formula is C21H27N3O4. The highest BCUT2D eigenvalue weighted by atomic mass is 16.5. The fourth-order valence-electron chi connectivity index (χ4n) is 4.67. The van der Waals surface area contributed by atoms with E-state index in [0.29, 0.717) is 36.3 Å². The number of aliphatic hydroxyl groups is 1. The number of hydrogen-bond acceptors (Lipinski definition) is 5. The summed E-state index contributed by atoms with van der Waals surface area (Å²) in [5, 5.41) is 14.9. The van der Waals surface area contributed by atoms with Crippen LogP contribution in [0.3, 0.4) is 0 Å². The molecule has 0 unspecified atom stereocenters. The van der Waals surface area contributed by atoms with Crippen molar-refractivity contribution >= 4 is 5.91 Å². The first kappa shape index (κ1) is 18.8. The lowest BCUT2D eigenvalue weighted by Gasteiger charge is -2.35. The van der Waals surface area contributed by atoms with E-state index in [2.05, 4.69) is 5.10 Å². The first-order valence-electron chi connectivity index (χ1n) is 9.75. The minimum Gasteiger partial charge on any atom is -0.497 e. The minimum atomic E-state index is -0.422. The molecule has 4 rings (SSSR count). The predicted octanol–water partition coefficient (Wildman–Crippen LogP) is 1.91. The maximum Gasteiger partial charge on any atom is 0.227 e. The summed E-state index contributed by atoms with van der Waals surface area (Å²) < 4.78 is 12.5. The van der Waals surface area contributed by atoms with E-state index in [1.54, 1.807) is 20.4 Å². The van der Waals surface area contributed by atoms with Gasteiger partial charge in [-0.3, -0.25) is 9.48 Å². The average molecular weight is 385 g/mol. The minimum absolute atomic E-state index is 0.00946. The van der Waals surface area contributed by atoms with Gasteiger partial charge in [-0.05, 0) is 48.9 Å². The van der Waals surface area contributed by atoms with Gasteiger partial charge in [-0.2, -0.15) is 5.10 Å². The Morgan fingerprint density at radius 3 is 2.68 bits per heavy atom. The van der Waals surface area contributed by atoms with Crippen molar-refractivity contribution in [1.29, 1.82) is 0 Å². The largest absolute Gasteiger partial charge is 0.497 e. The molecule has 7 nitrogen and oxygen atoms in total. The van der Waals surface area contributed by atoms with Crippen molar-refractivity contribution in [2.24, 2.45) is 11.8 Å². The van der Waals surface area contributed by atoms with Gasteiger partial charge in [0.2, 0.25) is 5.91 Å². The van der Waals surface area contributed by atoms with E-state index < -0.39 is 6.10 Å². The third kappa shape index (κ3) is 3.58. The zero-order chi connectivity index (χ0) is 19.7. The van der Waals surface area contributed by atoms with Crippen LogP contribution in [0.25, 0.3) is 0 Å². The number of aromatic nitrogens is 2. The van der Waals surface area contributed by atoms with Gasteiger partial charge in [0.25, 0.3) is 0 Å². The van der Waals surface area contributed by atoms with E-state index in [-0.39, 0.29) is 18.4 Å². The molecule has 4 atom stereocenters. The number of fused-ring (bicyclic) bond motifs is 1. The zero-order valence-corrected chi connectivity index (χ0v) is 16.3. The summed E-state index contributed by atoms with van der Waals surface area (Å²) in [6, 6.07) is 7.39. The van der Waals surface area contributed by atoms with Crippen molar-refractivity contribution < 1.29 is 19.4 Å². The Labute approximate surface area is 164 Å². The smallest absolute Gasteiger partial charge is 0.227 e. The number of likely N-dealkylation sites (tertiary alicyclic amines) is 1. The first-order valence-corrected chi connectivity index (χ1v) is 9.75. The summed E-state index contributed by atoms with van der Waals surface area (Å²) in [5.74, 6) is 2.24. The molecule has 0 radical (unpaired) electrons. The topological polar surface area (TPSA) is 76.8 Å². The highest BCUT2D eigenvalue weighted by Crippen LogP contribution is 2.41. The normalized spacial score (nSPS) is 26.8. The van der Waals surface area contributed by atoms with Gasteiger partial charge in [-0.1, -0.05) is 0 Å². The van der Waals surface area contributed by atoms with Gasteiger partial charge >= 0.3 is 0 Å². The first-order chi connectivity index (χ1) is 13.6. The summed E-state index contributed by atoms with van der Waals surface area (Å²) in [6.07, 6.45) is 5.06. The Bertz CT molecular complexity index is 823. The molecule has 2 fully saturated rings. The highest BCUT2D eigenvalue weighted by Gasteiger charge is 2.43. The molecule has 1 saturated carbocycles. The maximum atomic E-state index is 13.0. The molecule has 7 heteroatoms. The van der Waals surface area contributed by atoms with Crippen molar-refractivity contribution in [1.82, 2.24) is 14.7 Å². The van der Waals surface area contributed by atoms with Gasteiger partial charge in [0.05, 0.1) is 32.8 Å². The van der Waals surface area contributed by atoms with Crippen LogP contribution in [-0.2, 0) is 11.2 Å². The van der Waals surface area contributed by atoms with Crippen LogP contribution in [-0.4, -0.2) is 59.1 Å². The van der Waals surface area contributed by atoms with Gasteiger partial charge in [-0.15, -0.1) is 0 Å². The lowest BCUT2D eigenvalue weighted by molar-refractivity contribution is -0.129. The Balaban J connectivity index is 1.44. The van der Waals surface area contributed by atoms with E-state index >= 15 is 0 Å². The molecule has 0 bridgehead atoms. The predicted molar refractivity (Wildman–Crippen MR) is 103 cm³/mol. The Morgan fingerprint density at radius 2 is 2.00 bits per heavy atom. The van der Waals surface area contributed by atoms with Crippen LogP contribution < -0.4 is 9.47 Å². The quantitative estimate of drug-likeness (QED) is 0.851. The number of ether oxygens (including phenoxy) is 2. The molecule has 1 aromatic carbocycles. The van der Waals surface area contributed by atoms with Crippen molar-refractivity contribution in [2.45, 2.75) is 31.4 Å². The summed E-state index contributed by atoms with van der Waals surface area (Å²) in [7, 11) is 3.22. The molecular weight excluding hydrogens is 358 g/mol. The number of hydrogen-bond donors (Lipinski definition) is 1. The lowest BCUT2D eigenvalue weighted by Crippen LogP contribution is -2.36. The van der Waals surface area contributed by atoms with Crippen molar-refractivity contribution in [3.63, 3.8) is 0 Å². The van der Waals surface area contributed by atoms with Crippen molar-refractivity contribution in [3.05, 3.63) is 42.2 Å². The van der Waals surface area contributed by atoms with Gasteiger partial charge in [0, 0.05) is 31.0 Å². The van der Waals surface area contributed by atoms with E-state index in [0.717, 1.165) is 18.5 Å².